The number of phenols is 2. The zero-order valence-electron chi connectivity index (χ0n) is 16.0. The second-order valence-electron chi connectivity index (χ2n) is 6.62. The van der Waals surface area contributed by atoms with Crippen molar-refractivity contribution in [1.82, 2.24) is 4.90 Å². The molecule has 3 aromatic rings. The second kappa shape index (κ2) is 7.76. The highest BCUT2D eigenvalue weighted by Gasteiger charge is 2.17. The lowest BCUT2D eigenvalue weighted by molar-refractivity contribution is 0.371. The lowest BCUT2D eigenvalue weighted by Gasteiger charge is -2.18. The van der Waals surface area contributed by atoms with Gasteiger partial charge in [-0.15, -0.1) is 6.58 Å². The van der Waals surface area contributed by atoms with Crippen molar-refractivity contribution in [3.05, 3.63) is 48.6 Å². The highest BCUT2D eigenvalue weighted by atomic mass is 16.5. The molecular formula is C22H25NO4. The summed E-state index contributed by atoms with van der Waals surface area (Å²) < 4.78 is 10.8. The summed E-state index contributed by atoms with van der Waals surface area (Å²) in [6, 6.07) is 9.18. The lowest BCUT2D eigenvalue weighted by atomic mass is 9.95. The van der Waals surface area contributed by atoms with Crippen molar-refractivity contribution in [1.29, 1.82) is 0 Å². The van der Waals surface area contributed by atoms with Gasteiger partial charge < -0.3 is 24.6 Å². The summed E-state index contributed by atoms with van der Waals surface area (Å²) in [5, 5.41) is 24.2. The summed E-state index contributed by atoms with van der Waals surface area (Å²) in [5.41, 5.74) is 1.04. The maximum atomic E-state index is 10.6. The number of likely N-dealkylation sites (N-methyl/N-ethyl adjacent to an activating group) is 1. The molecule has 0 heterocycles. The van der Waals surface area contributed by atoms with Gasteiger partial charge in [-0.3, -0.25) is 0 Å². The van der Waals surface area contributed by atoms with Gasteiger partial charge >= 0.3 is 0 Å². The Labute approximate surface area is 159 Å². The normalized spacial score (nSPS) is 11.3. The number of nitrogens with zero attached hydrogens (tertiary/aromatic N) is 1. The van der Waals surface area contributed by atoms with E-state index in [1.165, 1.54) is 7.11 Å². The summed E-state index contributed by atoms with van der Waals surface area (Å²) in [5.74, 6) is 0.986. The average molecular weight is 367 g/mol. The molecule has 142 valence electrons. The number of fused-ring (bicyclic) bond motifs is 3. The van der Waals surface area contributed by atoms with Crippen LogP contribution in [0.25, 0.3) is 21.5 Å². The van der Waals surface area contributed by atoms with E-state index >= 15 is 0 Å². The number of ether oxygens (including phenoxy) is 2. The third-order valence-electron chi connectivity index (χ3n) is 4.84. The molecule has 0 atom stereocenters. The third-order valence-corrected chi connectivity index (χ3v) is 4.84. The van der Waals surface area contributed by atoms with E-state index < -0.39 is 0 Å². The number of benzene rings is 3. The predicted molar refractivity (Wildman–Crippen MR) is 109 cm³/mol. The molecule has 27 heavy (non-hydrogen) atoms. The van der Waals surface area contributed by atoms with Crippen LogP contribution in [-0.4, -0.2) is 49.5 Å². The van der Waals surface area contributed by atoms with Crippen LogP contribution in [0.3, 0.4) is 0 Å². The fraction of sp³-hybridized carbons (Fsp3) is 0.273. The van der Waals surface area contributed by atoms with Crippen molar-refractivity contribution < 1.29 is 19.7 Å². The number of phenolic OH excluding ortho intramolecular Hbond substituents is 2. The Bertz CT molecular complexity index is 997. The largest absolute Gasteiger partial charge is 0.504 e. The van der Waals surface area contributed by atoms with E-state index in [1.54, 1.807) is 25.3 Å². The van der Waals surface area contributed by atoms with E-state index in [1.807, 2.05) is 25.3 Å². The minimum absolute atomic E-state index is 0.0785. The molecule has 3 aromatic carbocycles. The van der Waals surface area contributed by atoms with Gasteiger partial charge in [0, 0.05) is 18.5 Å². The Balaban J connectivity index is 2.24. The summed E-state index contributed by atoms with van der Waals surface area (Å²) >= 11 is 0. The molecule has 5 nitrogen and oxygen atoms in total. The summed E-state index contributed by atoms with van der Waals surface area (Å²) in [6.45, 7) is 5.41. The zero-order chi connectivity index (χ0) is 19.6. The molecule has 2 N–H and O–H groups in total. The van der Waals surface area contributed by atoms with Gasteiger partial charge in [0.2, 0.25) is 0 Å². The van der Waals surface area contributed by atoms with Crippen LogP contribution in [0, 0.1) is 0 Å². The topological polar surface area (TPSA) is 62.2 Å². The van der Waals surface area contributed by atoms with Crippen LogP contribution >= 0.6 is 0 Å². The molecule has 0 spiro atoms. The molecule has 0 fully saturated rings. The highest BCUT2D eigenvalue weighted by molar-refractivity contribution is 6.13. The van der Waals surface area contributed by atoms with Gasteiger partial charge in [-0.25, -0.2) is 0 Å². The first-order chi connectivity index (χ1) is 13.0. The zero-order valence-corrected chi connectivity index (χ0v) is 16.0. The minimum atomic E-state index is 0.0785. The first-order valence-electron chi connectivity index (χ1n) is 8.81. The van der Waals surface area contributed by atoms with E-state index in [0.717, 1.165) is 46.6 Å². The van der Waals surface area contributed by atoms with Crippen molar-refractivity contribution >= 4 is 21.5 Å². The Kier molecular flexibility index (Phi) is 5.42. The van der Waals surface area contributed by atoms with Crippen LogP contribution < -0.4 is 9.47 Å². The van der Waals surface area contributed by atoms with Crippen LogP contribution in [0.5, 0.6) is 23.0 Å². The van der Waals surface area contributed by atoms with E-state index in [0.29, 0.717) is 11.5 Å². The standard InChI is InChI=1S/C22H25NO4/c1-5-9-23(2)10-8-15-12-19(25)22(27-4)21-16(15)7-6-14-11-18(24)20(26-3)13-17(14)21/h5-7,11-13,24-25H,1,8-10H2,2-4H3. The van der Waals surface area contributed by atoms with E-state index in [4.69, 9.17) is 9.47 Å². The maximum absolute atomic E-state index is 10.6. The molecule has 3 rings (SSSR count). The summed E-state index contributed by atoms with van der Waals surface area (Å²) in [4.78, 5) is 2.17. The number of methoxy groups -OCH3 is 2. The molecular weight excluding hydrogens is 342 g/mol. The first kappa shape index (κ1) is 18.9. The van der Waals surface area contributed by atoms with Crippen molar-refractivity contribution in [2.75, 3.05) is 34.4 Å². The third kappa shape index (κ3) is 3.51. The molecule has 0 bridgehead atoms. The van der Waals surface area contributed by atoms with Crippen LogP contribution in [0.2, 0.25) is 0 Å². The maximum Gasteiger partial charge on any atom is 0.168 e. The van der Waals surface area contributed by atoms with Crippen LogP contribution in [-0.2, 0) is 6.42 Å². The van der Waals surface area contributed by atoms with E-state index in [9.17, 15) is 10.2 Å². The van der Waals surface area contributed by atoms with Gasteiger partial charge in [-0.1, -0.05) is 18.2 Å². The molecule has 0 aromatic heterocycles. The molecule has 0 aliphatic carbocycles. The minimum Gasteiger partial charge on any atom is -0.504 e. The Morgan fingerprint density at radius 2 is 1.81 bits per heavy atom. The SMILES string of the molecule is C=CCN(C)CCc1cc(O)c(OC)c2c1ccc1cc(O)c(OC)cc12. The van der Waals surface area contributed by atoms with E-state index in [2.05, 4.69) is 11.5 Å². The number of hydrogen-bond acceptors (Lipinski definition) is 5. The smallest absolute Gasteiger partial charge is 0.168 e. The fourth-order valence-electron chi connectivity index (χ4n) is 3.49. The Morgan fingerprint density at radius 1 is 1.04 bits per heavy atom. The quantitative estimate of drug-likeness (QED) is 0.487. The fourth-order valence-corrected chi connectivity index (χ4v) is 3.49. The van der Waals surface area contributed by atoms with Gasteiger partial charge in [0.1, 0.15) is 0 Å². The molecule has 0 aliphatic heterocycles. The van der Waals surface area contributed by atoms with Gasteiger partial charge in [0.15, 0.2) is 23.0 Å². The monoisotopic (exact) mass is 367 g/mol. The number of aromatic hydroxyl groups is 2. The Hall–Kier alpha value is -2.92. The highest BCUT2D eigenvalue weighted by Crippen LogP contribution is 2.43. The first-order valence-corrected chi connectivity index (χ1v) is 8.81. The van der Waals surface area contributed by atoms with E-state index in [-0.39, 0.29) is 11.5 Å². The molecule has 0 saturated carbocycles. The van der Waals surface area contributed by atoms with Crippen molar-refractivity contribution in [3.63, 3.8) is 0 Å². The molecule has 0 amide bonds. The van der Waals surface area contributed by atoms with Crippen molar-refractivity contribution in [2.45, 2.75) is 6.42 Å². The van der Waals surface area contributed by atoms with Crippen molar-refractivity contribution in [2.24, 2.45) is 0 Å². The van der Waals surface area contributed by atoms with Gasteiger partial charge in [-0.05, 0) is 53.4 Å². The van der Waals surface area contributed by atoms with Crippen LogP contribution in [0.15, 0.2) is 43.0 Å². The Morgan fingerprint density at radius 3 is 2.48 bits per heavy atom. The molecule has 5 heteroatoms. The number of rotatable bonds is 7. The van der Waals surface area contributed by atoms with Crippen LogP contribution in [0.1, 0.15) is 5.56 Å². The van der Waals surface area contributed by atoms with Crippen LogP contribution in [0.4, 0.5) is 0 Å². The average Bonchev–Trinajstić information content (AvgIpc) is 2.65. The summed E-state index contributed by atoms with van der Waals surface area (Å²) in [6.07, 6.45) is 2.65. The van der Waals surface area contributed by atoms with Gasteiger partial charge in [-0.2, -0.15) is 0 Å². The summed E-state index contributed by atoms with van der Waals surface area (Å²) in [7, 11) is 5.10. The predicted octanol–water partition coefficient (Wildman–Crippen LogP) is 4.08. The van der Waals surface area contributed by atoms with Gasteiger partial charge in [0.05, 0.1) is 14.2 Å². The molecule has 0 unspecified atom stereocenters. The molecule has 0 saturated heterocycles. The number of hydrogen-bond donors (Lipinski definition) is 2. The van der Waals surface area contributed by atoms with Gasteiger partial charge in [0.25, 0.3) is 0 Å². The molecule has 0 radical (unpaired) electrons. The van der Waals surface area contributed by atoms with Crippen molar-refractivity contribution in [3.8, 4) is 23.0 Å². The molecule has 0 aliphatic rings. The lowest BCUT2D eigenvalue weighted by Crippen LogP contribution is -2.21. The second-order valence-corrected chi connectivity index (χ2v) is 6.62.